The van der Waals surface area contributed by atoms with Crippen molar-refractivity contribution in [3.8, 4) is 16.9 Å². The van der Waals surface area contributed by atoms with E-state index in [0.717, 1.165) is 41.0 Å². The van der Waals surface area contributed by atoms with E-state index in [4.69, 9.17) is 10.5 Å². The van der Waals surface area contributed by atoms with Crippen molar-refractivity contribution in [2.45, 2.75) is 53.4 Å². The highest BCUT2D eigenvalue weighted by Gasteiger charge is 2.09. The Morgan fingerprint density at radius 3 is 2.58 bits per heavy atom. The van der Waals surface area contributed by atoms with Gasteiger partial charge in [-0.3, -0.25) is 4.98 Å². The minimum absolute atomic E-state index is 0.386. The van der Waals surface area contributed by atoms with Crippen LogP contribution in [-0.4, -0.2) is 11.6 Å². The summed E-state index contributed by atoms with van der Waals surface area (Å²) < 4.78 is 6.14. The molecule has 0 aliphatic rings. The molecule has 3 heteroatoms. The summed E-state index contributed by atoms with van der Waals surface area (Å²) in [5.41, 5.74) is 12.9. The van der Waals surface area contributed by atoms with Gasteiger partial charge in [-0.2, -0.15) is 0 Å². The van der Waals surface area contributed by atoms with E-state index in [0.29, 0.717) is 12.5 Å². The minimum Gasteiger partial charge on any atom is -0.493 e. The van der Waals surface area contributed by atoms with Gasteiger partial charge in [0.15, 0.2) is 0 Å². The molecule has 0 saturated carbocycles. The van der Waals surface area contributed by atoms with Crippen LogP contribution in [0, 0.1) is 6.92 Å². The van der Waals surface area contributed by atoms with E-state index < -0.39 is 0 Å². The molecule has 1 heterocycles. The summed E-state index contributed by atoms with van der Waals surface area (Å²) in [6, 6.07) is 14.8. The van der Waals surface area contributed by atoms with Crippen molar-refractivity contribution in [2.24, 2.45) is 0 Å². The zero-order valence-electron chi connectivity index (χ0n) is 19.4. The van der Waals surface area contributed by atoms with Crippen molar-refractivity contribution < 1.29 is 4.74 Å². The van der Waals surface area contributed by atoms with Gasteiger partial charge >= 0.3 is 0 Å². The molecule has 0 aliphatic heterocycles. The van der Waals surface area contributed by atoms with Crippen LogP contribution < -0.4 is 20.9 Å². The SMILES string of the molecule is CCOc1cc(-c2ccc(N)c(C)c2)cc(=C(C)CC)c1=CCC(C)c1cccnc1. The molecule has 0 fully saturated rings. The summed E-state index contributed by atoms with van der Waals surface area (Å²) in [5.74, 6) is 1.33. The van der Waals surface area contributed by atoms with Gasteiger partial charge < -0.3 is 10.5 Å². The Morgan fingerprint density at radius 1 is 1.13 bits per heavy atom. The lowest BCUT2D eigenvalue weighted by Crippen LogP contribution is -2.29. The molecular weight excluding hydrogens is 380 g/mol. The molecule has 2 N–H and O–H groups in total. The Morgan fingerprint density at radius 2 is 1.94 bits per heavy atom. The van der Waals surface area contributed by atoms with Crippen molar-refractivity contribution in [3.05, 3.63) is 76.4 Å². The summed E-state index contributed by atoms with van der Waals surface area (Å²) in [7, 11) is 0. The first-order valence-electron chi connectivity index (χ1n) is 11.2. The standard InChI is InChI=1S/C28H34N2O/c1-6-19(3)26-16-24(22-11-13-27(29)21(5)15-22)17-28(31-7-2)25(26)12-10-20(4)23-9-8-14-30-18-23/h8-9,11-18,20H,6-7,10,29H2,1-5H3. The number of nitrogen functional groups attached to an aromatic ring is 1. The third-order valence-corrected chi connectivity index (χ3v) is 5.96. The molecule has 3 nitrogen and oxygen atoms in total. The lowest BCUT2D eigenvalue weighted by atomic mass is 9.96. The maximum absolute atomic E-state index is 6.14. The molecule has 31 heavy (non-hydrogen) atoms. The molecule has 0 amide bonds. The molecule has 3 aromatic rings. The Labute approximate surface area is 186 Å². The van der Waals surface area contributed by atoms with E-state index in [1.807, 2.05) is 31.5 Å². The fourth-order valence-electron chi connectivity index (χ4n) is 3.78. The zero-order valence-corrected chi connectivity index (χ0v) is 19.4. The van der Waals surface area contributed by atoms with Crippen LogP contribution in [0.4, 0.5) is 5.69 Å². The van der Waals surface area contributed by atoms with E-state index in [2.05, 4.69) is 69.1 Å². The molecule has 1 aromatic heterocycles. The molecular formula is C28H34N2O. The highest BCUT2D eigenvalue weighted by molar-refractivity contribution is 5.70. The van der Waals surface area contributed by atoms with Crippen LogP contribution in [-0.2, 0) is 0 Å². The second kappa shape index (κ2) is 10.3. The minimum atomic E-state index is 0.386. The van der Waals surface area contributed by atoms with Crippen molar-refractivity contribution in [1.29, 1.82) is 0 Å². The Bertz CT molecular complexity index is 1150. The number of hydrogen-bond acceptors (Lipinski definition) is 3. The molecule has 0 bridgehead atoms. The van der Waals surface area contributed by atoms with Crippen molar-refractivity contribution in [3.63, 3.8) is 0 Å². The van der Waals surface area contributed by atoms with E-state index >= 15 is 0 Å². The Kier molecular flexibility index (Phi) is 7.51. The average Bonchev–Trinajstić information content (AvgIpc) is 2.79. The highest BCUT2D eigenvalue weighted by Crippen LogP contribution is 2.25. The second-order valence-electron chi connectivity index (χ2n) is 8.20. The zero-order chi connectivity index (χ0) is 22.4. The fraction of sp³-hybridized carbons (Fsp3) is 0.321. The normalized spacial score (nSPS) is 13.8. The first-order chi connectivity index (χ1) is 14.9. The largest absolute Gasteiger partial charge is 0.493 e. The summed E-state index contributed by atoms with van der Waals surface area (Å²) in [6.45, 7) is 11.4. The van der Waals surface area contributed by atoms with Gasteiger partial charge in [0.25, 0.3) is 0 Å². The van der Waals surface area contributed by atoms with Gasteiger partial charge in [-0.05, 0) is 97.3 Å². The van der Waals surface area contributed by atoms with Gasteiger partial charge in [-0.25, -0.2) is 0 Å². The highest BCUT2D eigenvalue weighted by atomic mass is 16.5. The smallest absolute Gasteiger partial charge is 0.127 e. The number of anilines is 1. The Balaban J connectivity index is 2.16. The van der Waals surface area contributed by atoms with Crippen LogP contribution in [0.15, 0.2) is 54.9 Å². The third-order valence-electron chi connectivity index (χ3n) is 5.96. The predicted octanol–water partition coefficient (Wildman–Crippen LogP) is 5.59. The third kappa shape index (κ3) is 5.35. The molecule has 1 unspecified atom stereocenters. The van der Waals surface area contributed by atoms with Crippen molar-refractivity contribution in [1.82, 2.24) is 4.98 Å². The van der Waals surface area contributed by atoms with Gasteiger partial charge in [-0.1, -0.05) is 37.6 Å². The molecule has 1 atom stereocenters. The summed E-state index contributed by atoms with van der Waals surface area (Å²) in [5, 5.41) is 2.45. The average molecular weight is 415 g/mol. The first kappa shape index (κ1) is 22.6. The number of ether oxygens (including phenoxy) is 1. The number of nitrogens with two attached hydrogens (primary N) is 1. The number of aryl methyl sites for hydroxylation is 1. The summed E-state index contributed by atoms with van der Waals surface area (Å²) >= 11 is 0. The maximum atomic E-state index is 6.14. The van der Waals surface area contributed by atoms with Crippen LogP contribution in [0.2, 0.25) is 0 Å². The molecule has 0 aliphatic carbocycles. The topological polar surface area (TPSA) is 48.1 Å². The van der Waals surface area contributed by atoms with Gasteiger partial charge in [0.05, 0.1) is 6.61 Å². The van der Waals surface area contributed by atoms with Crippen LogP contribution in [0.25, 0.3) is 22.8 Å². The van der Waals surface area contributed by atoms with Gasteiger partial charge in [0, 0.05) is 23.3 Å². The number of pyridine rings is 1. The van der Waals surface area contributed by atoms with Crippen LogP contribution in [0.1, 0.15) is 57.6 Å². The molecule has 0 saturated heterocycles. The molecule has 3 rings (SSSR count). The molecule has 0 radical (unpaired) electrons. The van der Waals surface area contributed by atoms with E-state index in [1.165, 1.54) is 21.6 Å². The van der Waals surface area contributed by atoms with Crippen molar-refractivity contribution >= 4 is 17.3 Å². The molecule has 0 spiro atoms. The number of hydrogen-bond donors (Lipinski definition) is 1. The Hall–Kier alpha value is -3.07. The summed E-state index contributed by atoms with van der Waals surface area (Å²) in [4.78, 5) is 4.27. The summed E-state index contributed by atoms with van der Waals surface area (Å²) in [6.07, 6.45) is 8.03. The van der Waals surface area contributed by atoms with Crippen molar-refractivity contribution in [2.75, 3.05) is 12.3 Å². The van der Waals surface area contributed by atoms with Crippen LogP contribution in [0.5, 0.6) is 5.75 Å². The molecule has 2 aromatic carbocycles. The number of nitrogens with zero attached hydrogens (tertiary/aromatic N) is 1. The van der Waals surface area contributed by atoms with E-state index in [1.54, 1.807) is 0 Å². The van der Waals surface area contributed by atoms with Gasteiger partial charge in [0.1, 0.15) is 5.75 Å². The molecule has 162 valence electrons. The first-order valence-corrected chi connectivity index (χ1v) is 11.2. The maximum Gasteiger partial charge on any atom is 0.127 e. The van der Waals surface area contributed by atoms with Gasteiger partial charge in [-0.15, -0.1) is 0 Å². The second-order valence-corrected chi connectivity index (χ2v) is 8.20. The lowest BCUT2D eigenvalue weighted by molar-refractivity contribution is 0.337. The quantitative estimate of drug-likeness (QED) is 0.513. The lowest BCUT2D eigenvalue weighted by Gasteiger charge is -2.13. The van der Waals surface area contributed by atoms with E-state index in [9.17, 15) is 0 Å². The number of aromatic nitrogens is 1. The predicted molar refractivity (Wildman–Crippen MR) is 133 cm³/mol. The van der Waals surface area contributed by atoms with Gasteiger partial charge in [0.2, 0.25) is 0 Å². The number of rotatable bonds is 7. The van der Waals surface area contributed by atoms with Crippen LogP contribution >= 0.6 is 0 Å². The fourth-order valence-corrected chi connectivity index (χ4v) is 3.78. The van der Waals surface area contributed by atoms with Crippen LogP contribution in [0.3, 0.4) is 0 Å². The number of benzene rings is 2. The monoisotopic (exact) mass is 414 g/mol. The van der Waals surface area contributed by atoms with E-state index in [-0.39, 0.29) is 0 Å².